The van der Waals surface area contributed by atoms with Crippen molar-refractivity contribution in [1.82, 2.24) is 9.29 Å². The predicted molar refractivity (Wildman–Crippen MR) is 119 cm³/mol. The fourth-order valence-electron chi connectivity index (χ4n) is 3.66. The quantitative estimate of drug-likeness (QED) is 0.586. The molecule has 1 aliphatic heterocycles. The van der Waals surface area contributed by atoms with Gasteiger partial charge in [-0.1, -0.05) is 41.9 Å². The van der Waals surface area contributed by atoms with Crippen LogP contribution in [0.25, 0.3) is 11.3 Å². The van der Waals surface area contributed by atoms with Gasteiger partial charge in [-0.25, -0.2) is 13.4 Å². The third-order valence-electron chi connectivity index (χ3n) is 5.19. The zero-order valence-electron chi connectivity index (χ0n) is 16.3. The van der Waals surface area contributed by atoms with Crippen LogP contribution in [-0.2, 0) is 10.0 Å². The molecule has 8 heteroatoms. The molecular weight excluding hydrogens is 426 g/mol. The molecule has 152 valence electrons. The summed E-state index contributed by atoms with van der Waals surface area (Å²) in [5, 5.41) is 3.27. The van der Waals surface area contributed by atoms with Crippen LogP contribution in [0.4, 0.5) is 5.13 Å². The largest absolute Gasteiger partial charge is 0.345 e. The second-order valence-corrected chi connectivity index (χ2v) is 10.3. The molecule has 0 unspecified atom stereocenters. The Balaban J connectivity index is 1.50. The van der Waals surface area contributed by atoms with E-state index in [1.54, 1.807) is 35.6 Å². The monoisotopic (exact) mass is 447 g/mol. The van der Waals surface area contributed by atoms with Gasteiger partial charge in [0.2, 0.25) is 10.0 Å². The van der Waals surface area contributed by atoms with Crippen LogP contribution in [0.2, 0.25) is 5.02 Å². The van der Waals surface area contributed by atoms with Crippen LogP contribution >= 0.6 is 22.9 Å². The Bertz CT molecular complexity index is 1120. The van der Waals surface area contributed by atoms with Crippen LogP contribution < -0.4 is 4.90 Å². The first kappa shape index (κ1) is 20.3. The van der Waals surface area contributed by atoms with E-state index in [1.165, 1.54) is 21.0 Å². The number of aryl methyl sites for hydroxylation is 2. The molecule has 29 heavy (non-hydrogen) atoms. The Morgan fingerprint density at radius 3 is 2.28 bits per heavy atom. The summed E-state index contributed by atoms with van der Waals surface area (Å²) < 4.78 is 27.4. The van der Waals surface area contributed by atoms with E-state index in [4.69, 9.17) is 16.6 Å². The molecule has 0 aliphatic carbocycles. The van der Waals surface area contributed by atoms with Gasteiger partial charge in [-0.05, 0) is 37.1 Å². The Hall–Kier alpha value is -1.93. The summed E-state index contributed by atoms with van der Waals surface area (Å²) in [6, 6.07) is 12.8. The summed E-state index contributed by atoms with van der Waals surface area (Å²) in [5.74, 6) is 0. The second kappa shape index (κ2) is 8.07. The first-order valence-electron chi connectivity index (χ1n) is 9.39. The highest BCUT2D eigenvalue weighted by Crippen LogP contribution is 2.32. The first-order valence-corrected chi connectivity index (χ1v) is 12.1. The fraction of sp³-hybridized carbons (Fsp3) is 0.286. The zero-order valence-corrected chi connectivity index (χ0v) is 18.7. The lowest BCUT2D eigenvalue weighted by atomic mass is 10.0. The molecule has 0 atom stereocenters. The van der Waals surface area contributed by atoms with Crippen molar-refractivity contribution in [2.24, 2.45) is 0 Å². The lowest BCUT2D eigenvalue weighted by Crippen LogP contribution is -2.48. The molecule has 2 heterocycles. The van der Waals surface area contributed by atoms with E-state index >= 15 is 0 Å². The standard InChI is InChI=1S/C21H22ClN3O2S2/c1-15-6-5-7-16(2)20(15)18-14-28-21(23-18)24-10-12-25(13-11-24)29(26,27)19-9-4-3-8-17(19)22/h3-9,14H,10-13H2,1-2H3. The number of hydrogen-bond acceptors (Lipinski definition) is 5. The molecule has 0 saturated carbocycles. The third-order valence-corrected chi connectivity index (χ3v) is 8.49. The molecule has 3 aromatic rings. The predicted octanol–water partition coefficient (Wildman–Crippen LogP) is 4.59. The van der Waals surface area contributed by atoms with E-state index in [0.717, 1.165) is 10.8 Å². The summed E-state index contributed by atoms with van der Waals surface area (Å²) in [6.45, 7) is 6.21. The molecular formula is C21H22ClN3O2S2. The molecule has 0 bridgehead atoms. The van der Waals surface area contributed by atoms with Crippen molar-refractivity contribution in [2.75, 3.05) is 31.1 Å². The van der Waals surface area contributed by atoms with Crippen LogP contribution in [-0.4, -0.2) is 43.9 Å². The number of rotatable bonds is 4. The van der Waals surface area contributed by atoms with Gasteiger partial charge in [0, 0.05) is 37.1 Å². The molecule has 5 nitrogen and oxygen atoms in total. The van der Waals surface area contributed by atoms with Gasteiger partial charge in [-0.3, -0.25) is 0 Å². The van der Waals surface area contributed by atoms with Crippen LogP contribution in [0.15, 0.2) is 52.7 Å². The van der Waals surface area contributed by atoms with Crippen LogP contribution in [0.3, 0.4) is 0 Å². The van der Waals surface area contributed by atoms with Gasteiger partial charge in [0.1, 0.15) is 4.90 Å². The number of piperazine rings is 1. The number of hydrogen-bond donors (Lipinski definition) is 0. The van der Waals surface area contributed by atoms with E-state index in [2.05, 4.69) is 42.3 Å². The van der Waals surface area contributed by atoms with Gasteiger partial charge in [-0.15, -0.1) is 11.3 Å². The summed E-state index contributed by atoms with van der Waals surface area (Å²) in [4.78, 5) is 7.16. The maximum atomic E-state index is 12.9. The Labute approximate surface area is 180 Å². The van der Waals surface area contributed by atoms with Crippen molar-refractivity contribution >= 4 is 38.1 Å². The number of nitrogens with zero attached hydrogens (tertiary/aromatic N) is 3. The van der Waals surface area contributed by atoms with Crippen molar-refractivity contribution in [3.05, 3.63) is 64.0 Å². The Morgan fingerprint density at radius 1 is 0.966 bits per heavy atom. The van der Waals surface area contributed by atoms with Crippen LogP contribution in [0.1, 0.15) is 11.1 Å². The third kappa shape index (κ3) is 3.92. The molecule has 1 aliphatic rings. The van der Waals surface area contributed by atoms with Crippen molar-refractivity contribution in [3.63, 3.8) is 0 Å². The SMILES string of the molecule is Cc1cccc(C)c1-c1csc(N2CCN(S(=O)(=O)c3ccccc3Cl)CC2)n1. The first-order chi connectivity index (χ1) is 13.9. The second-order valence-electron chi connectivity index (χ2n) is 7.10. The Morgan fingerprint density at radius 2 is 1.62 bits per heavy atom. The molecule has 0 amide bonds. The summed E-state index contributed by atoms with van der Waals surface area (Å²) >= 11 is 7.72. The van der Waals surface area contributed by atoms with Crippen molar-refractivity contribution in [1.29, 1.82) is 0 Å². The Kier molecular flexibility index (Phi) is 5.66. The minimum absolute atomic E-state index is 0.168. The van der Waals surface area contributed by atoms with E-state index in [0.29, 0.717) is 26.2 Å². The maximum Gasteiger partial charge on any atom is 0.244 e. The van der Waals surface area contributed by atoms with Gasteiger partial charge in [0.15, 0.2) is 5.13 Å². The van der Waals surface area contributed by atoms with E-state index < -0.39 is 10.0 Å². The molecule has 4 rings (SSSR count). The normalized spacial score (nSPS) is 15.6. The molecule has 0 spiro atoms. The lowest BCUT2D eigenvalue weighted by molar-refractivity contribution is 0.385. The van der Waals surface area contributed by atoms with Crippen molar-refractivity contribution in [2.45, 2.75) is 18.7 Å². The number of thiazole rings is 1. The lowest BCUT2D eigenvalue weighted by Gasteiger charge is -2.33. The molecule has 0 radical (unpaired) electrons. The van der Waals surface area contributed by atoms with Gasteiger partial charge < -0.3 is 4.90 Å². The highest BCUT2D eigenvalue weighted by Gasteiger charge is 2.30. The van der Waals surface area contributed by atoms with Crippen LogP contribution in [0.5, 0.6) is 0 Å². The van der Waals surface area contributed by atoms with Crippen LogP contribution in [0, 0.1) is 13.8 Å². The highest BCUT2D eigenvalue weighted by molar-refractivity contribution is 7.89. The molecule has 0 N–H and O–H groups in total. The van der Waals surface area contributed by atoms with E-state index in [9.17, 15) is 8.42 Å². The van der Waals surface area contributed by atoms with Gasteiger partial charge >= 0.3 is 0 Å². The number of benzene rings is 2. The van der Waals surface area contributed by atoms with E-state index in [1.807, 2.05) is 0 Å². The summed E-state index contributed by atoms with van der Waals surface area (Å²) in [6.07, 6.45) is 0. The average molecular weight is 448 g/mol. The topological polar surface area (TPSA) is 53.5 Å². The number of aromatic nitrogens is 1. The zero-order chi connectivity index (χ0) is 20.6. The smallest absolute Gasteiger partial charge is 0.244 e. The summed E-state index contributed by atoms with van der Waals surface area (Å²) in [5.41, 5.74) is 4.57. The van der Waals surface area contributed by atoms with Crippen molar-refractivity contribution < 1.29 is 8.42 Å². The minimum atomic E-state index is -3.59. The van der Waals surface area contributed by atoms with E-state index in [-0.39, 0.29) is 9.92 Å². The van der Waals surface area contributed by atoms with Crippen molar-refractivity contribution in [3.8, 4) is 11.3 Å². The number of halogens is 1. The van der Waals surface area contributed by atoms with Gasteiger partial charge in [-0.2, -0.15) is 4.31 Å². The van der Waals surface area contributed by atoms with Gasteiger partial charge in [0.25, 0.3) is 0 Å². The molecule has 1 aromatic heterocycles. The molecule has 2 aromatic carbocycles. The van der Waals surface area contributed by atoms with Gasteiger partial charge in [0.05, 0.1) is 10.7 Å². The average Bonchev–Trinajstić information content (AvgIpc) is 3.18. The minimum Gasteiger partial charge on any atom is -0.345 e. The summed E-state index contributed by atoms with van der Waals surface area (Å²) in [7, 11) is -3.59. The molecule has 1 saturated heterocycles. The maximum absolute atomic E-state index is 12.9. The molecule has 1 fully saturated rings. The number of anilines is 1. The fourth-order valence-corrected chi connectivity index (χ4v) is 6.44. The number of sulfonamides is 1. The highest BCUT2D eigenvalue weighted by atomic mass is 35.5.